The molecule has 1 aromatic carbocycles. The highest BCUT2D eigenvalue weighted by Crippen LogP contribution is 2.17. The van der Waals surface area contributed by atoms with Gasteiger partial charge in [0, 0.05) is 12.5 Å². The summed E-state index contributed by atoms with van der Waals surface area (Å²) in [5.74, 6) is 5.43. The standard InChI is InChI=1S/C13H15FO2/c1-10(2)16-12-7-6-11(13(14)9-12)5-3-4-8-15/h6-7,9-10,15H,4,8H2,1-2H3. The SMILES string of the molecule is CC(C)Oc1ccc(C#CCCO)c(F)c1. The molecule has 0 fully saturated rings. The van der Waals surface area contributed by atoms with Gasteiger partial charge in [-0.2, -0.15) is 0 Å². The molecule has 1 aromatic rings. The van der Waals surface area contributed by atoms with Crippen molar-refractivity contribution < 1.29 is 14.2 Å². The van der Waals surface area contributed by atoms with E-state index >= 15 is 0 Å². The molecule has 0 saturated heterocycles. The van der Waals surface area contributed by atoms with Crippen LogP contribution in [0.5, 0.6) is 5.75 Å². The quantitative estimate of drug-likeness (QED) is 0.795. The highest BCUT2D eigenvalue weighted by molar-refractivity contribution is 5.39. The number of hydrogen-bond donors (Lipinski definition) is 1. The lowest BCUT2D eigenvalue weighted by atomic mass is 10.2. The second kappa shape index (κ2) is 6.14. The number of ether oxygens (including phenoxy) is 1. The summed E-state index contributed by atoms with van der Waals surface area (Å²) in [6, 6.07) is 4.59. The first-order valence-electron chi connectivity index (χ1n) is 5.19. The minimum absolute atomic E-state index is 0.0108. The fourth-order valence-electron chi connectivity index (χ4n) is 1.16. The van der Waals surface area contributed by atoms with Gasteiger partial charge >= 0.3 is 0 Å². The lowest BCUT2D eigenvalue weighted by Gasteiger charge is -2.09. The maximum absolute atomic E-state index is 13.5. The minimum atomic E-state index is -0.399. The summed E-state index contributed by atoms with van der Waals surface area (Å²) in [6.45, 7) is 3.75. The van der Waals surface area contributed by atoms with Crippen LogP contribution in [-0.2, 0) is 0 Å². The van der Waals surface area contributed by atoms with E-state index in [1.807, 2.05) is 13.8 Å². The molecule has 0 amide bonds. The number of rotatable bonds is 3. The van der Waals surface area contributed by atoms with Gasteiger partial charge in [-0.1, -0.05) is 11.8 Å². The van der Waals surface area contributed by atoms with Crippen molar-refractivity contribution in [3.8, 4) is 17.6 Å². The van der Waals surface area contributed by atoms with Gasteiger partial charge in [-0.15, -0.1) is 0 Å². The Morgan fingerprint density at radius 1 is 1.44 bits per heavy atom. The third-order valence-electron chi connectivity index (χ3n) is 1.77. The first-order valence-corrected chi connectivity index (χ1v) is 5.19. The molecule has 0 saturated carbocycles. The van der Waals surface area contributed by atoms with E-state index in [0.29, 0.717) is 17.7 Å². The van der Waals surface area contributed by atoms with E-state index in [4.69, 9.17) is 9.84 Å². The average molecular weight is 222 g/mol. The van der Waals surface area contributed by atoms with Crippen molar-refractivity contribution in [3.05, 3.63) is 29.6 Å². The lowest BCUT2D eigenvalue weighted by Crippen LogP contribution is -2.05. The molecule has 1 rings (SSSR count). The fraction of sp³-hybridized carbons (Fsp3) is 0.385. The van der Waals surface area contributed by atoms with E-state index in [1.54, 1.807) is 12.1 Å². The van der Waals surface area contributed by atoms with E-state index in [-0.39, 0.29) is 12.7 Å². The van der Waals surface area contributed by atoms with Gasteiger partial charge in [-0.25, -0.2) is 4.39 Å². The molecule has 0 aliphatic rings. The van der Waals surface area contributed by atoms with Gasteiger partial charge in [0.05, 0.1) is 18.3 Å². The van der Waals surface area contributed by atoms with Crippen molar-refractivity contribution in [2.24, 2.45) is 0 Å². The van der Waals surface area contributed by atoms with Crippen LogP contribution in [0.2, 0.25) is 0 Å². The Hall–Kier alpha value is -1.53. The van der Waals surface area contributed by atoms with Crippen LogP contribution in [0.4, 0.5) is 4.39 Å². The smallest absolute Gasteiger partial charge is 0.142 e. The molecule has 3 heteroatoms. The Labute approximate surface area is 95.1 Å². The molecule has 0 aromatic heterocycles. The third-order valence-corrected chi connectivity index (χ3v) is 1.77. The van der Waals surface area contributed by atoms with Crippen molar-refractivity contribution in [2.75, 3.05) is 6.61 Å². The normalized spacial score (nSPS) is 9.81. The summed E-state index contributed by atoms with van der Waals surface area (Å²) in [4.78, 5) is 0. The number of benzene rings is 1. The molecule has 2 nitrogen and oxygen atoms in total. The average Bonchev–Trinajstić information content (AvgIpc) is 2.20. The Kier molecular flexibility index (Phi) is 4.81. The Morgan fingerprint density at radius 3 is 2.75 bits per heavy atom. The zero-order chi connectivity index (χ0) is 12.0. The Bertz CT molecular complexity index is 402. The largest absolute Gasteiger partial charge is 0.491 e. The number of aliphatic hydroxyl groups excluding tert-OH is 1. The summed E-state index contributed by atoms with van der Waals surface area (Å²) in [5, 5.41) is 8.54. The Morgan fingerprint density at radius 2 is 2.19 bits per heavy atom. The van der Waals surface area contributed by atoms with Crippen molar-refractivity contribution in [1.29, 1.82) is 0 Å². The van der Waals surface area contributed by atoms with E-state index < -0.39 is 5.82 Å². The molecule has 0 aliphatic carbocycles. The van der Waals surface area contributed by atoms with Crippen molar-refractivity contribution in [2.45, 2.75) is 26.4 Å². The number of aliphatic hydroxyl groups is 1. The van der Waals surface area contributed by atoms with Gasteiger partial charge in [0.15, 0.2) is 0 Å². The molecule has 0 spiro atoms. The number of hydrogen-bond acceptors (Lipinski definition) is 2. The molecule has 0 unspecified atom stereocenters. The van der Waals surface area contributed by atoms with Gasteiger partial charge in [-0.3, -0.25) is 0 Å². The lowest BCUT2D eigenvalue weighted by molar-refractivity contribution is 0.241. The maximum Gasteiger partial charge on any atom is 0.142 e. The van der Waals surface area contributed by atoms with Crippen LogP contribution >= 0.6 is 0 Å². The zero-order valence-corrected chi connectivity index (χ0v) is 9.46. The van der Waals surface area contributed by atoms with Gasteiger partial charge in [0.25, 0.3) is 0 Å². The molecule has 16 heavy (non-hydrogen) atoms. The summed E-state index contributed by atoms with van der Waals surface area (Å²) < 4.78 is 18.8. The highest BCUT2D eigenvalue weighted by Gasteiger charge is 2.03. The van der Waals surface area contributed by atoms with Crippen LogP contribution in [0.1, 0.15) is 25.8 Å². The first-order chi connectivity index (χ1) is 7.63. The van der Waals surface area contributed by atoms with Gasteiger partial charge in [0.2, 0.25) is 0 Å². The molecular weight excluding hydrogens is 207 g/mol. The van der Waals surface area contributed by atoms with E-state index in [0.717, 1.165) is 0 Å². The van der Waals surface area contributed by atoms with Crippen LogP contribution in [0.25, 0.3) is 0 Å². The second-order valence-corrected chi connectivity index (χ2v) is 3.58. The van der Waals surface area contributed by atoms with E-state index in [1.165, 1.54) is 6.07 Å². The summed E-state index contributed by atoms with van der Waals surface area (Å²) in [6.07, 6.45) is 0.370. The number of halogens is 1. The molecule has 86 valence electrons. The monoisotopic (exact) mass is 222 g/mol. The van der Waals surface area contributed by atoms with E-state index in [9.17, 15) is 4.39 Å². The van der Waals surface area contributed by atoms with Crippen LogP contribution in [0, 0.1) is 17.7 Å². The summed E-state index contributed by atoms with van der Waals surface area (Å²) in [5.41, 5.74) is 0.324. The molecule has 0 bridgehead atoms. The second-order valence-electron chi connectivity index (χ2n) is 3.58. The Balaban J connectivity index is 2.80. The summed E-state index contributed by atoms with van der Waals surface area (Å²) in [7, 11) is 0. The zero-order valence-electron chi connectivity index (χ0n) is 9.46. The first kappa shape index (κ1) is 12.5. The third kappa shape index (κ3) is 3.92. The van der Waals surface area contributed by atoms with E-state index in [2.05, 4.69) is 11.8 Å². The van der Waals surface area contributed by atoms with Gasteiger partial charge in [0.1, 0.15) is 11.6 Å². The molecule has 0 heterocycles. The molecule has 0 atom stereocenters. The van der Waals surface area contributed by atoms with Crippen molar-refractivity contribution in [3.63, 3.8) is 0 Å². The fourth-order valence-corrected chi connectivity index (χ4v) is 1.16. The van der Waals surface area contributed by atoms with Crippen LogP contribution in [0.15, 0.2) is 18.2 Å². The predicted octanol–water partition coefficient (Wildman–Crippen LogP) is 2.35. The van der Waals surface area contributed by atoms with Crippen molar-refractivity contribution in [1.82, 2.24) is 0 Å². The molecule has 0 radical (unpaired) electrons. The van der Waals surface area contributed by atoms with Gasteiger partial charge in [-0.05, 0) is 26.0 Å². The van der Waals surface area contributed by atoms with Crippen LogP contribution in [0.3, 0.4) is 0 Å². The van der Waals surface area contributed by atoms with Crippen molar-refractivity contribution >= 4 is 0 Å². The summed E-state index contributed by atoms with van der Waals surface area (Å²) >= 11 is 0. The van der Waals surface area contributed by atoms with Crippen LogP contribution in [-0.4, -0.2) is 17.8 Å². The maximum atomic E-state index is 13.5. The predicted molar refractivity (Wildman–Crippen MR) is 60.7 cm³/mol. The highest BCUT2D eigenvalue weighted by atomic mass is 19.1. The minimum Gasteiger partial charge on any atom is -0.491 e. The molecule has 1 N–H and O–H groups in total. The molecular formula is C13H15FO2. The topological polar surface area (TPSA) is 29.5 Å². The van der Waals surface area contributed by atoms with Gasteiger partial charge < -0.3 is 9.84 Å². The molecule has 0 aliphatic heterocycles. The van der Waals surface area contributed by atoms with Crippen LogP contribution < -0.4 is 4.74 Å².